The van der Waals surface area contributed by atoms with Gasteiger partial charge in [0.15, 0.2) is 0 Å². The summed E-state index contributed by atoms with van der Waals surface area (Å²) >= 11 is 0. The van der Waals surface area contributed by atoms with E-state index >= 15 is 0 Å². The number of halogens is 3. The first-order valence-electron chi connectivity index (χ1n) is 6.41. The van der Waals surface area contributed by atoms with Crippen LogP contribution in [0.5, 0.6) is 0 Å². The molecule has 1 aromatic rings. The van der Waals surface area contributed by atoms with E-state index in [4.69, 9.17) is 15.2 Å². The molecule has 0 spiro atoms. The van der Waals surface area contributed by atoms with Gasteiger partial charge >= 0.3 is 6.18 Å². The Morgan fingerprint density at radius 2 is 1.80 bits per heavy atom. The summed E-state index contributed by atoms with van der Waals surface area (Å²) in [6, 6.07) is 3.70. The number of anilines is 1. The maximum Gasteiger partial charge on any atom is 0.416 e. The van der Waals surface area contributed by atoms with Crippen LogP contribution in [0.15, 0.2) is 18.2 Å². The van der Waals surface area contributed by atoms with Gasteiger partial charge in [-0.25, -0.2) is 0 Å². The van der Waals surface area contributed by atoms with Crippen molar-refractivity contribution in [2.24, 2.45) is 5.92 Å². The Bertz CT molecular complexity index is 419. The van der Waals surface area contributed by atoms with E-state index in [9.17, 15) is 13.2 Å². The largest absolute Gasteiger partial charge is 0.416 e. The average Bonchev–Trinajstić information content (AvgIpc) is 2.33. The minimum absolute atomic E-state index is 0.0792. The SMILES string of the molecule is CC(C)COCCOCc1ccc(N)cc1C(F)(F)F. The molecule has 0 aliphatic heterocycles. The third kappa shape index (κ3) is 5.79. The quantitative estimate of drug-likeness (QED) is 0.618. The van der Waals surface area contributed by atoms with Crippen LogP contribution in [0.3, 0.4) is 0 Å². The van der Waals surface area contributed by atoms with Gasteiger partial charge in [-0.1, -0.05) is 19.9 Å². The van der Waals surface area contributed by atoms with E-state index in [1.165, 1.54) is 12.1 Å². The topological polar surface area (TPSA) is 44.5 Å². The van der Waals surface area contributed by atoms with E-state index in [1.807, 2.05) is 13.8 Å². The molecule has 0 heterocycles. The molecule has 0 fully saturated rings. The smallest absolute Gasteiger partial charge is 0.399 e. The average molecular weight is 291 g/mol. The van der Waals surface area contributed by atoms with Crippen molar-refractivity contribution in [2.75, 3.05) is 25.6 Å². The molecule has 2 N–H and O–H groups in total. The second kappa shape index (κ2) is 7.50. The number of rotatable bonds is 7. The summed E-state index contributed by atoms with van der Waals surface area (Å²) in [5.74, 6) is 0.420. The van der Waals surface area contributed by atoms with Crippen LogP contribution in [0.2, 0.25) is 0 Å². The Morgan fingerprint density at radius 1 is 1.15 bits per heavy atom. The normalized spacial score (nSPS) is 12.1. The zero-order valence-corrected chi connectivity index (χ0v) is 11.7. The lowest BCUT2D eigenvalue weighted by Crippen LogP contribution is -2.12. The van der Waals surface area contributed by atoms with Crippen molar-refractivity contribution in [3.8, 4) is 0 Å². The second-order valence-corrected chi connectivity index (χ2v) is 4.94. The highest BCUT2D eigenvalue weighted by atomic mass is 19.4. The molecule has 20 heavy (non-hydrogen) atoms. The predicted molar refractivity (Wildman–Crippen MR) is 71.2 cm³/mol. The zero-order valence-electron chi connectivity index (χ0n) is 11.7. The van der Waals surface area contributed by atoms with Crippen molar-refractivity contribution in [1.29, 1.82) is 0 Å². The van der Waals surface area contributed by atoms with Gasteiger partial charge in [0.2, 0.25) is 0 Å². The summed E-state index contributed by atoms with van der Waals surface area (Å²) in [6.45, 7) is 5.16. The van der Waals surface area contributed by atoms with Crippen molar-refractivity contribution < 1.29 is 22.6 Å². The minimum Gasteiger partial charge on any atom is -0.399 e. The van der Waals surface area contributed by atoms with Gasteiger partial charge in [0.05, 0.1) is 25.4 Å². The van der Waals surface area contributed by atoms with Gasteiger partial charge in [-0.2, -0.15) is 13.2 Å². The van der Waals surface area contributed by atoms with Gasteiger partial charge in [-0.05, 0) is 23.6 Å². The summed E-state index contributed by atoms with van der Waals surface area (Å²) < 4.78 is 48.9. The van der Waals surface area contributed by atoms with Crippen LogP contribution >= 0.6 is 0 Å². The maximum absolute atomic E-state index is 12.8. The Labute approximate surface area is 116 Å². The van der Waals surface area contributed by atoms with Crippen LogP contribution < -0.4 is 5.73 Å². The molecule has 0 aromatic heterocycles. The highest BCUT2D eigenvalue weighted by Crippen LogP contribution is 2.33. The molecule has 0 amide bonds. The monoisotopic (exact) mass is 291 g/mol. The lowest BCUT2D eigenvalue weighted by atomic mass is 10.1. The summed E-state index contributed by atoms with van der Waals surface area (Å²) in [7, 11) is 0. The molecule has 0 saturated carbocycles. The lowest BCUT2D eigenvalue weighted by Gasteiger charge is -2.14. The fraction of sp³-hybridized carbons (Fsp3) is 0.571. The standard InChI is InChI=1S/C14H20F3NO2/c1-10(2)8-19-5-6-20-9-11-3-4-12(18)7-13(11)14(15,16)17/h3-4,7,10H,5-6,8-9,18H2,1-2H3. The first-order valence-corrected chi connectivity index (χ1v) is 6.41. The zero-order chi connectivity index (χ0) is 15.2. The molecule has 0 bridgehead atoms. The fourth-order valence-electron chi connectivity index (χ4n) is 1.60. The third-order valence-electron chi connectivity index (χ3n) is 2.52. The van der Waals surface area contributed by atoms with Crippen molar-refractivity contribution in [1.82, 2.24) is 0 Å². The Kier molecular flexibility index (Phi) is 6.29. The summed E-state index contributed by atoms with van der Waals surface area (Å²) in [5.41, 5.74) is 4.80. The highest BCUT2D eigenvalue weighted by molar-refractivity contribution is 5.45. The molecule has 114 valence electrons. The minimum atomic E-state index is -4.43. The summed E-state index contributed by atoms with van der Waals surface area (Å²) in [5, 5.41) is 0. The van der Waals surface area contributed by atoms with Gasteiger partial charge in [0, 0.05) is 12.3 Å². The van der Waals surface area contributed by atoms with Gasteiger partial charge in [-0.15, -0.1) is 0 Å². The molecular formula is C14H20F3NO2. The molecule has 0 radical (unpaired) electrons. The molecule has 0 atom stereocenters. The van der Waals surface area contributed by atoms with E-state index in [-0.39, 0.29) is 24.5 Å². The van der Waals surface area contributed by atoms with Crippen molar-refractivity contribution in [3.63, 3.8) is 0 Å². The van der Waals surface area contributed by atoms with Gasteiger partial charge in [0.25, 0.3) is 0 Å². The van der Waals surface area contributed by atoms with E-state index in [2.05, 4.69) is 0 Å². The molecular weight excluding hydrogens is 271 g/mol. The lowest BCUT2D eigenvalue weighted by molar-refractivity contribution is -0.138. The number of hydrogen-bond donors (Lipinski definition) is 1. The number of ether oxygens (including phenoxy) is 2. The van der Waals surface area contributed by atoms with Gasteiger partial charge in [-0.3, -0.25) is 0 Å². The van der Waals surface area contributed by atoms with Crippen LogP contribution in [0, 0.1) is 5.92 Å². The third-order valence-corrected chi connectivity index (χ3v) is 2.52. The molecule has 0 aliphatic carbocycles. The number of alkyl halides is 3. The number of nitrogens with two attached hydrogens (primary N) is 1. The predicted octanol–water partition coefficient (Wildman–Crippen LogP) is 3.48. The number of benzene rings is 1. The summed E-state index contributed by atoms with van der Waals surface area (Å²) in [6.07, 6.45) is -4.43. The Hall–Kier alpha value is -1.27. The van der Waals surface area contributed by atoms with Crippen molar-refractivity contribution >= 4 is 5.69 Å². The highest BCUT2D eigenvalue weighted by Gasteiger charge is 2.33. The van der Waals surface area contributed by atoms with Crippen molar-refractivity contribution in [2.45, 2.75) is 26.6 Å². The Balaban J connectivity index is 2.48. The second-order valence-electron chi connectivity index (χ2n) is 4.94. The van der Waals surface area contributed by atoms with E-state index < -0.39 is 11.7 Å². The molecule has 3 nitrogen and oxygen atoms in total. The van der Waals surface area contributed by atoms with E-state index in [0.717, 1.165) is 6.07 Å². The first kappa shape index (κ1) is 16.8. The molecule has 0 unspecified atom stereocenters. The van der Waals surface area contributed by atoms with Crippen LogP contribution in [0.25, 0.3) is 0 Å². The van der Waals surface area contributed by atoms with E-state index in [0.29, 0.717) is 19.1 Å². The van der Waals surface area contributed by atoms with Crippen LogP contribution in [-0.4, -0.2) is 19.8 Å². The van der Waals surface area contributed by atoms with Crippen LogP contribution in [-0.2, 0) is 22.3 Å². The molecule has 1 rings (SSSR count). The van der Waals surface area contributed by atoms with Crippen LogP contribution in [0.1, 0.15) is 25.0 Å². The first-order chi connectivity index (χ1) is 9.30. The maximum atomic E-state index is 12.8. The van der Waals surface area contributed by atoms with Gasteiger partial charge in [0.1, 0.15) is 0 Å². The summed E-state index contributed by atoms with van der Waals surface area (Å²) in [4.78, 5) is 0. The fourth-order valence-corrected chi connectivity index (χ4v) is 1.60. The molecule has 1 aromatic carbocycles. The van der Waals surface area contributed by atoms with Crippen molar-refractivity contribution in [3.05, 3.63) is 29.3 Å². The Morgan fingerprint density at radius 3 is 2.40 bits per heavy atom. The van der Waals surface area contributed by atoms with Gasteiger partial charge < -0.3 is 15.2 Å². The molecule has 6 heteroatoms. The number of hydrogen-bond acceptors (Lipinski definition) is 3. The molecule has 0 saturated heterocycles. The van der Waals surface area contributed by atoms with E-state index in [1.54, 1.807) is 0 Å². The van der Waals surface area contributed by atoms with Crippen LogP contribution in [0.4, 0.5) is 18.9 Å². The molecule has 0 aliphatic rings. The number of nitrogen functional groups attached to an aromatic ring is 1.